The second-order valence-corrected chi connectivity index (χ2v) is 18.6. The van der Waals surface area contributed by atoms with Crippen molar-refractivity contribution in [2.45, 2.75) is 56.1 Å². The second-order valence-electron chi connectivity index (χ2n) is 12.6. The summed E-state index contributed by atoms with van der Waals surface area (Å²) in [6.45, 7) is 11.6. The summed E-state index contributed by atoms with van der Waals surface area (Å²) in [5, 5.41) is 3.78. The Morgan fingerprint density at radius 3 is 1.96 bits per heavy atom. The lowest BCUT2D eigenvalue weighted by Gasteiger charge is -2.37. The number of anilines is 1. The van der Waals surface area contributed by atoms with E-state index in [1.165, 1.54) is 0 Å². The van der Waals surface area contributed by atoms with E-state index >= 15 is 0 Å². The number of hydrogen-bond acceptors (Lipinski definition) is 8. The molecule has 0 radical (unpaired) electrons. The maximum atomic E-state index is 13.5. The Kier molecular flexibility index (Phi) is 9.79. The summed E-state index contributed by atoms with van der Waals surface area (Å²) in [6, 6.07) is 27.8. The average molecular weight is 646 g/mol. The summed E-state index contributed by atoms with van der Waals surface area (Å²) in [5.41, 5.74) is 1.47. The summed E-state index contributed by atoms with van der Waals surface area (Å²) in [7, 11) is 1.39. The number of methoxy groups -OCH3 is 2. The third-order valence-electron chi connectivity index (χ3n) is 8.83. The van der Waals surface area contributed by atoms with Gasteiger partial charge < -0.3 is 24.0 Å². The number of ether oxygens (including phenoxy) is 3. The number of thioether (sulfide) groups is 1. The van der Waals surface area contributed by atoms with Crippen LogP contribution in [0.5, 0.6) is 11.5 Å². The quantitative estimate of drug-likeness (QED) is 0.135. The van der Waals surface area contributed by atoms with Crippen LogP contribution < -0.4 is 20.5 Å². The topological polar surface area (TPSA) is 83.8 Å². The number of rotatable bonds is 11. The molecular formula is C35H43N3O5SSi. The first-order valence-corrected chi connectivity index (χ1v) is 19.1. The van der Waals surface area contributed by atoms with Gasteiger partial charge in [0.15, 0.2) is 8.32 Å². The Morgan fingerprint density at radius 2 is 1.44 bits per heavy atom. The van der Waals surface area contributed by atoms with E-state index in [9.17, 15) is 4.79 Å². The summed E-state index contributed by atoms with van der Waals surface area (Å²) in [4.78, 5) is 18.0. The number of nitrogens with zero attached hydrogens (tertiary/aromatic N) is 2. The van der Waals surface area contributed by atoms with Gasteiger partial charge >= 0.3 is 5.69 Å². The van der Waals surface area contributed by atoms with E-state index in [-0.39, 0.29) is 16.2 Å². The van der Waals surface area contributed by atoms with Crippen molar-refractivity contribution in [1.82, 2.24) is 9.55 Å². The SMILES string of the molecule is COc1ccc(C(Nc2ccn([C@@H]3CS[C@H](CO[Si](C)(C)C(C)(C)C)O3)c(=O)n2)(c2ccccc2)c2ccc(OC)cc2)cc1. The minimum Gasteiger partial charge on any atom is -0.497 e. The van der Waals surface area contributed by atoms with Gasteiger partial charge in [-0.3, -0.25) is 4.57 Å². The van der Waals surface area contributed by atoms with Gasteiger partial charge in [0, 0.05) is 11.9 Å². The lowest BCUT2D eigenvalue weighted by Crippen LogP contribution is -2.42. The maximum absolute atomic E-state index is 13.5. The second kappa shape index (κ2) is 13.4. The molecule has 0 aliphatic carbocycles. The van der Waals surface area contributed by atoms with Crippen LogP contribution in [0, 0.1) is 0 Å². The van der Waals surface area contributed by atoms with Gasteiger partial charge in [-0.2, -0.15) is 4.98 Å². The van der Waals surface area contributed by atoms with E-state index in [2.05, 4.69) is 56.3 Å². The standard InChI is InChI=1S/C35H43N3O5SSi/c1-34(2,3)45(6,7)42-23-32-43-31(24-44-32)38-22-21-30(36-33(38)39)37-35(25-11-9-8-10-12-25,26-13-17-28(40-4)18-14-26)27-15-19-29(41-5)20-16-27/h8-22,31-32H,23-24H2,1-7H3,(H,36,37,39)/t31-,32+/m0/s1. The minimum atomic E-state index is -1.91. The Balaban J connectivity index is 1.47. The van der Waals surface area contributed by atoms with Crippen molar-refractivity contribution in [2.24, 2.45) is 0 Å². The van der Waals surface area contributed by atoms with Crippen LogP contribution in [0.2, 0.25) is 18.1 Å². The highest BCUT2D eigenvalue weighted by molar-refractivity contribution is 8.00. The van der Waals surface area contributed by atoms with Crippen LogP contribution in [0.25, 0.3) is 0 Å². The van der Waals surface area contributed by atoms with E-state index in [4.69, 9.17) is 18.6 Å². The molecule has 2 atom stereocenters. The van der Waals surface area contributed by atoms with E-state index in [1.54, 1.807) is 36.7 Å². The Morgan fingerprint density at radius 1 is 0.889 bits per heavy atom. The fourth-order valence-electron chi connectivity index (χ4n) is 5.15. The first-order chi connectivity index (χ1) is 21.5. The summed E-state index contributed by atoms with van der Waals surface area (Å²) in [6.07, 6.45) is 1.34. The lowest BCUT2D eigenvalue weighted by atomic mass is 9.77. The van der Waals surface area contributed by atoms with Crippen LogP contribution >= 0.6 is 11.8 Å². The highest BCUT2D eigenvalue weighted by Crippen LogP contribution is 2.41. The molecule has 10 heteroatoms. The smallest absolute Gasteiger partial charge is 0.351 e. The molecule has 4 aromatic rings. The fraction of sp³-hybridized carbons (Fsp3) is 0.371. The van der Waals surface area contributed by atoms with Crippen LogP contribution in [-0.4, -0.2) is 49.9 Å². The van der Waals surface area contributed by atoms with Crippen molar-refractivity contribution in [3.05, 3.63) is 118 Å². The summed E-state index contributed by atoms with van der Waals surface area (Å²) < 4.78 is 25.1. The van der Waals surface area contributed by atoms with Gasteiger partial charge in [0.25, 0.3) is 0 Å². The minimum absolute atomic E-state index is 0.117. The van der Waals surface area contributed by atoms with E-state index in [0.29, 0.717) is 18.2 Å². The van der Waals surface area contributed by atoms with Crippen molar-refractivity contribution in [3.63, 3.8) is 0 Å². The number of hydrogen-bond donors (Lipinski definition) is 1. The van der Waals surface area contributed by atoms with Crippen LogP contribution in [0.3, 0.4) is 0 Å². The number of aromatic nitrogens is 2. The van der Waals surface area contributed by atoms with Crippen molar-refractivity contribution in [3.8, 4) is 11.5 Å². The van der Waals surface area contributed by atoms with Gasteiger partial charge in [-0.15, -0.1) is 11.8 Å². The van der Waals surface area contributed by atoms with Gasteiger partial charge in [-0.05, 0) is 65.2 Å². The molecule has 45 heavy (non-hydrogen) atoms. The Bertz CT molecular complexity index is 1580. The monoisotopic (exact) mass is 645 g/mol. The van der Waals surface area contributed by atoms with Crippen molar-refractivity contribution in [1.29, 1.82) is 0 Å². The summed E-state index contributed by atoms with van der Waals surface area (Å²) in [5.74, 6) is 2.58. The number of benzene rings is 3. The molecule has 1 N–H and O–H groups in total. The molecule has 1 aromatic heterocycles. The lowest BCUT2D eigenvalue weighted by molar-refractivity contribution is -0.00410. The normalized spacial score (nSPS) is 17.2. The zero-order chi connectivity index (χ0) is 32.2. The molecule has 1 aliphatic heterocycles. The fourth-order valence-corrected chi connectivity index (χ4v) is 7.26. The molecule has 8 nitrogen and oxygen atoms in total. The first kappa shape index (κ1) is 32.8. The Labute approximate surface area is 271 Å². The molecular weight excluding hydrogens is 603 g/mol. The van der Waals surface area contributed by atoms with Crippen LogP contribution in [0.4, 0.5) is 5.82 Å². The van der Waals surface area contributed by atoms with Crippen molar-refractivity contribution < 1.29 is 18.6 Å². The highest BCUT2D eigenvalue weighted by atomic mass is 32.2. The number of nitrogens with one attached hydrogen (secondary N) is 1. The molecule has 0 amide bonds. The predicted octanol–water partition coefficient (Wildman–Crippen LogP) is 7.27. The van der Waals surface area contributed by atoms with Gasteiger partial charge in [0.1, 0.15) is 34.5 Å². The Hall–Kier alpha value is -3.57. The predicted molar refractivity (Wildman–Crippen MR) is 184 cm³/mol. The maximum Gasteiger partial charge on any atom is 0.351 e. The van der Waals surface area contributed by atoms with Gasteiger partial charge in [0.2, 0.25) is 0 Å². The third kappa shape index (κ3) is 6.99. The van der Waals surface area contributed by atoms with E-state index in [0.717, 1.165) is 28.2 Å². The van der Waals surface area contributed by atoms with Crippen LogP contribution in [0.15, 0.2) is 95.9 Å². The van der Waals surface area contributed by atoms with Crippen molar-refractivity contribution in [2.75, 3.05) is 31.9 Å². The molecule has 1 saturated heterocycles. The van der Waals surface area contributed by atoms with Gasteiger partial charge in [0.05, 0.1) is 20.8 Å². The van der Waals surface area contributed by atoms with E-state index in [1.807, 2.05) is 72.8 Å². The van der Waals surface area contributed by atoms with Gasteiger partial charge in [-0.1, -0.05) is 75.4 Å². The molecule has 5 rings (SSSR count). The highest BCUT2D eigenvalue weighted by Gasteiger charge is 2.40. The van der Waals surface area contributed by atoms with E-state index < -0.39 is 20.1 Å². The third-order valence-corrected chi connectivity index (χ3v) is 14.4. The molecule has 0 spiro atoms. The molecule has 0 unspecified atom stereocenters. The molecule has 1 aliphatic rings. The molecule has 1 fully saturated rings. The molecule has 238 valence electrons. The zero-order valence-electron chi connectivity index (χ0n) is 27.1. The van der Waals surface area contributed by atoms with Crippen LogP contribution in [0.1, 0.15) is 43.7 Å². The first-order valence-electron chi connectivity index (χ1n) is 15.1. The molecule has 0 bridgehead atoms. The summed E-state index contributed by atoms with van der Waals surface area (Å²) >= 11 is 1.67. The van der Waals surface area contributed by atoms with Gasteiger partial charge in [-0.25, -0.2) is 4.79 Å². The molecule has 2 heterocycles. The largest absolute Gasteiger partial charge is 0.497 e. The van der Waals surface area contributed by atoms with Crippen molar-refractivity contribution >= 4 is 25.9 Å². The molecule has 3 aromatic carbocycles. The van der Waals surface area contributed by atoms with Crippen LogP contribution in [-0.2, 0) is 14.7 Å². The average Bonchev–Trinajstić information content (AvgIpc) is 3.51. The zero-order valence-corrected chi connectivity index (χ0v) is 28.9. The molecule has 0 saturated carbocycles.